The van der Waals surface area contributed by atoms with E-state index in [1.807, 2.05) is 0 Å². The van der Waals surface area contributed by atoms with Crippen molar-refractivity contribution >= 4 is 28.6 Å². The largest absolute Gasteiger partial charge is 0.449 e. The van der Waals surface area contributed by atoms with Crippen LogP contribution in [0.2, 0.25) is 0 Å². The lowest BCUT2D eigenvalue weighted by Gasteiger charge is -2.14. The molecule has 0 fully saturated rings. The van der Waals surface area contributed by atoms with E-state index in [1.165, 1.54) is 18.5 Å². The quantitative estimate of drug-likeness (QED) is 0.413. The number of imidazole rings is 1. The van der Waals surface area contributed by atoms with Crippen LogP contribution in [0.1, 0.15) is 17.3 Å². The number of benzene rings is 2. The van der Waals surface area contributed by atoms with Crippen molar-refractivity contribution in [1.82, 2.24) is 9.97 Å². The van der Waals surface area contributed by atoms with Gasteiger partial charge in [-0.3, -0.25) is 4.79 Å². The molecule has 3 aromatic rings. The highest BCUT2D eigenvalue weighted by Crippen LogP contribution is 2.24. The van der Waals surface area contributed by atoms with Gasteiger partial charge in [-0.15, -0.1) is 0 Å². The number of carbonyl (C=O) groups is 2. The van der Waals surface area contributed by atoms with Gasteiger partial charge in [-0.2, -0.15) is 0 Å². The SMILES string of the molecule is CC(OC(=O)c1ccc2nc[nH]c2c1)C(=O)Nc1c(F)c(F)cc(F)c1F. The molecule has 0 saturated carbocycles. The van der Waals surface area contributed by atoms with Gasteiger partial charge in [0.05, 0.1) is 22.9 Å². The van der Waals surface area contributed by atoms with Crippen LogP contribution >= 0.6 is 0 Å². The van der Waals surface area contributed by atoms with Crippen molar-refractivity contribution in [3.8, 4) is 0 Å². The number of aromatic amines is 1. The zero-order valence-corrected chi connectivity index (χ0v) is 13.6. The van der Waals surface area contributed by atoms with Gasteiger partial charge < -0.3 is 15.0 Å². The molecule has 10 heteroatoms. The minimum atomic E-state index is -1.77. The minimum Gasteiger partial charge on any atom is -0.449 e. The summed E-state index contributed by atoms with van der Waals surface area (Å²) in [5, 5.41) is 1.68. The van der Waals surface area contributed by atoms with E-state index in [0.29, 0.717) is 11.0 Å². The highest BCUT2D eigenvalue weighted by molar-refractivity contribution is 5.98. The Balaban J connectivity index is 1.73. The maximum Gasteiger partial charge on any atom is 0.338 e. The van der Waals surface area contributed by atoms with Gasteiger partial charge in [0, 0.05) is 6.07 Å². The van der Waals surface area contributed by atoms with Crippen LogP contribution in [0.15, 0.2) is 30.6 Å². The Morgan fingerprint density at radius 3 is 2.44 bits per heavy atom. The standard InChI is InChI=1S/C17H11F4N3O3/c1-7(16(25)24-15-13(20)9(18)5-10(19)14(15)21)27-17(26)8-2-3-11-12(4-8)23-6-22-11/h2-7H,1H3,(H,22,23)(H,24,25). The Bertz CT molecular complexity index is 1030. The first kappa shape index (κ1) is 18.4. The summed E-state index contributed by atoms with van der Waals surface area (Å²) in [6.07, 6.45) is -0.0723. The molecular formula is C17H11F4N3O3. The van der Waals surface area contributed by atoms with Gasteiger partial charge in [0.15, 0.2) is 29.4 Å². The molecule has 1 aromatic heterocycles. The molecular weight excluding hydrogens is 370 g/mol. The summed E-state index contributed by atoms with van der Waals surface area (Å²) >= 11 is 0. The smallest absolute Gasteiger partial charge is 0.338 e. The van der Waals surface area contributed by atoms with E-state index >= 15 is 0 Å². The molecule has 2 N–H and O–H groups in total. The van der Waals surface area contributed by atoms with Crippen LogP contribution in [-0.4, -0.2) is 27.9 Å². The predicted molar refractivity (Wildman–Crippen MR) is 85.9 cm³/mol. The lowest BCUT2D eigenvalue weighted by atomic mass is 10.2. The molecule has 0 aliphatic rings. The second-order valence-corrected chi connectivity index (χ2v) is 5.51. The molecule has 1 heterocycles. The number of carbonyl (C=O) groups excluding carboxylic acids is 2. The lowest BCUT2D eigenvalue weighted by Crippen LogP contribution is -2.31. The highest BCUT2D eigenvalue weighted by Gasteiger charge is 2.25. The number of anilines is 1. The number of amides is 1. The molecule has 3 rings (SSSR count). The number of rotatable bonds is 4. The summed E-state index contributed by atoms with van der Waals surface area (Å²) in [5.41, 5.74) is -0.0443. The highest BCUT2D eigenvalue weighted by atomic mass is 19.2. The molecule has 0 aliphatic carbocycles. The van der Waals surface area contributed by atoms with Crippen molar-refractivity contribution in [3.05, 3.63) is 59.4 Å². The Labute approximate surface area is 149 Å². The number of aromatic nitrogens is 2. The number of H-pyrrole nitrogens is 1. The van der Waals surface area contributed by atoms with Crippen molar-refractivity contribution in [2.45, 2.75) is 13.0 Å². The summed E-state index contributed by atoms with van der Waals surface area (Å²) in [6, 6.07) is 4.41. The van der Waals surface area contributed by atoms with Crippen LogP contribution < -0.4 is 5.32 Å². The number of esters is 1. The second-order valence-electron chi connectivity index (χ2n) is 5.51. The van der Waals surface area contributed by atoms with Crippen LogP contribution in [0.3, 0.4) is 0 Å². The number of fused-ring (bicyclic) bond motifs is 1. The van der Waals surface area contributed by atoms with Crippen molar-refractivity contribution in [1.29, 1.82) is 0 Å². The third-order valence-corrected chi connectivity index (χ3v) is 3.67. The van der Waals surface area contributed by atoms with Crippen LogP contribution in [-0.2, 0) is 9.53 Å². The number of ether oxygens (including phenoxy) is 1. The van der Waals surface area contributed by atoms with Gasteiger partial charge in [-0.25, -0.2) is 27.3 Å². The fourth-order valence-electron chi connectivity index (χ4n) is 2.25. The van der Waals surface area contributed by atoms with Gasteiger partial charge in [-0.05, 0) is 25.1 Å². The Kier molecular flexibility index (Phi) is 4.80. The second kappa shape index (κ2) is 7.06. The Morgan fingerprint density at radius 2 is 1.78 bits per heavy atom. The van der Waals surface area contributed by atoms with E-state index in [-0.39, 0.29) is 11.6 Å². The van der Waals surface area contributed by atoms with Gasteiger partial charge >= 0.3 is 5.97 Å². The van der Waals surface area contributed by atoms with E-state index in [4.69, 9.17) is 4.74 Å². The van der Waals surface area contributed by atoms with Crippen molar-refractivity contribution in [2.75, 3.05) is 5.32 Å². The van der Waals surface area contributed by atoms with Gasteiger partial charge in [0.25, 0.3) is 5.91 Å². The maximum atomic E-state index is 13.6. The van der Waals surface area contributed by atoms with Crippen LogP contribution in [0.25, 0.3) is 11.0 Å². The maximum absolute atomic E-state index is 13.6. The average Bonchev–Trinajstić information content (AvgIpc) is 3.11. The lowest BCUT2D eigenvalue weighted by molar-refractivity contribution is -0.123. The van der Waals surface area contributed by atoms with E-state index in [9.17, 15) is 27.2 Å². The molecule has 0 aliphatic heterocycles. The normalized spacial score (nSPS) is 12.0. The first-order valence-corrected chi connectivity index (χ1v) is 7.56. The number of halogens is 4. The van der Waals surface area contributed by atoms with Crippen molar-refractivity contribution in [2.24, 2.45) is 0 Å². The summed E-state index contributed by atoms with van der Waals surface area (Å²) < 4.78 is 58.5. The molecule has 1 atom stereocenters. The third kappa shape index (κ3) is 3.59. The van der Waals surface area contributed by atoms with E-state index in [1.54, 1.807) is 11.4 Å². The van der Waals surface area contributed by atoms with E-state index < -0.39 is 46.9 Å². The molecule has 140 valence electrons. The number of hydrogen-bond donors (Lipinski definition) is 2. The van der Waals surface area contributed by atoms with Crippen molar-refractivity contribution < 1.29 is 31.9 Å². The number of hydrogen-bond acceptors (Lipinski definition) is 4. The number of nitrogens with zero attached hydrogens (tertiary/aromatic N) is 1. The molecule has 0 spiro atoms. The molecule has 2 aromatic carbocycles. The molecule has 27 heavy (non-hydrogen) atoms. The monoisotopic (exact) mass is 381 g/mol. The summed E-state index contributed by atoms with van der Waals surface area (Å²) in [5.74, 6) is -8.96. The predicted octanol–water partition coefficient (Wildman–Crippen LogP) is 3.30. The molecule has 1 amide bonds. The van der Waals surface area contributed by atoms with E-state index in [2.05, 4.69) is 9.97 Å². The van der Waals surface area contributed by atoms with Crippen LogP contribution in [0, 0.1) is 23.3 Å². The molecule has 0 saturated heterocycles. The third-order valence-electron chi connectivity index (χ3n) is 3.67. The summed E-state index contributed by atoms with van der Waals surface area (Å²) in [4.78, 5) is 30.9. The first-order chi connectivity index (χ1) is 12.8. The molecule has 0 radical (unpaired) electrons. The fraction of sp³-hybridized carbons (Fsp3) is 0.118. The van der Waals surface area contributed by atoms with Gasteiger partial charge in [0.2, 0.25) is 0 Å². The zero-order valence-electron chi connectivity index (χ0n) is 13.6. The Morgan fingerprint density at radius 1 is 1.11 bits per heavy atom. The van der Waals surface area contributed by atoms with Gasteiger partial charge in [0.1, 0.15) is 5.69 Å². The summed E-state index contributed by atoms with van der Waals surface area (Å²) in [6.45, 7) is 1.13. The topological polar surface area (TPSA) is 84.1 Å². The molecule has 6 nitrogen and oxygen atoms in total. The summed E-state index contributed by atoms with van der Waals surface area (Å²) in [7, 11) is 0. The van der Waals surface area contributed by atoms with Gasteiger partial charge in [-0.1, -0.05) is 0 Å². The minimum absolute atomic E-state index is 0.00930. The number of nitrogens with one attached hydrogen (secondary N) is 2. The zero-order chi connectivity index (χ0) is 19.7. The Hall–Kier alpha value is -3.43. The average molecular weight is 381 g/mol. The fourth-order valence-corrected chi connectivity index (χ4v) is 2.25. The van der Waals surface area contributed by atoms with Crippen molar-refractivity contribution in [3.63, 3.8) is 0 Å². The van der Waals surface area contributed by atoms with Crippen LogP contribution in [0.4, 0.5) is 23.2 Å². The molecule has 1 unspecified atom stereocenters. The van der Waals surface area contributed by atoms with E-state index in [0.717, 1.165) is 6.92 Å². The first-order valence-electron chi connectivity index (χ1n) is 7.56. The molecule has 0 bridgehead atoms. The van der Waals surface area contributed by atoms with Crippen LogP contribution in [0.5, 0.6) is 0 Å².